The number of carbonyl (C=O) groups is 2. The summed E-state index contributed by atoms with van der Waals surface area (Å²) in [5.74, 6) is 0.774. The summed E-state index contributed by atoms with van der Waals surface area (Å²) in [5.41, 5.74) is -0.660. The normalized spacial score (nSPS) is 27.1. The van der Waals surface area contributed by atoms with E-state index in [1.54, 1.807) is 0 Å². The van der Waals surface area contributed by atoms with Crippen LogP contribution in [0.5, 0.6) is 0 Å². The SMILES string of the molecule is CCC1C(=O)NC(CC)(CC)C(=O)N1CC1CCC1. The van der Waals surface area contributed by atoms with Gasteiger partial charge in [0.2, 0.25) is 11.8 Å². The van der Waals surface area contributed by atoms with Gasteiger partial charge in [0, 0.05) is 6.54 Å². The molecule has 0 spiro atoms. The Morgan fingerprint density at radius 2 is 1.84 bits per heavy atom. The third-order valence-corrected chi connectivity index (χ3v) is 4.99. The standard InChI is InChI=1S/C15H26N2O2/c1-4-12-13(18)16-15(5-2,6-3)14(19)17(12)10-11-8-7-9-11/h11-12H,4-10H2,1-3H3,(H,16,18). The van der Waals surface area contributed by atoms with Crippen LogP contribution in [0.1, 0.15) is 59.3 Å². The Labute approximate surface area is 115 Å². The van der Waals surface area contributed by atoms with Crippen molar-refractivity contribution in [2.75, 3.05) is 6.54 Å². The molecule has 19 heavy (non-hydrogen) atoms. The Hall–Kier alpha value is -1.06. The third-order valence-electron chi connectivity index (χ3n) is 4.99. The zero-order valence-electron chi connectivity index (χ0n) is 12.4. The number of carbonyl (C=O) groups excluding carboxylic acids is 2. The Morgan fingerprint density at radius 1 is 1.21 bits per heavy atom. The lowest BCUT2D eigenvalue weighted by atomic mass is 9.82. The third kappa shape index (κ3) is 2.37. The molecule has 1 saturated heterocycles. The first-order chi connectivity index (χ1) is 9.07. The highest BCUT2D eigenvalue weighted by atomic mass is 16.2. The summed E-state index contributed by atoms with van der Waals surface area (Å²) in [5, 5.41) is 2.99. The second-order valence-electron chi connectivity index (χ2n) is 5.96. The van der Waals surface area contributed by atoms with Crippen LogP contribution in [-0.4, -0.2) is 34.8 Å². The Kier molecular flexibility index (Phi) is 4.16. The van der Waals surface area contributed by atoms with Crippen LogP contribution in [0.4, 0.5) is 0 Å². The van der Waals surface area contributed by atoms with Gasteiger partial charge in [0.05, 0.1) is 0 Å². The van der Waals surface area contributed by atoms with Gasteiger partial charge in [0.25, 0.3) is 0 Å². The number of hydrogen-bond donors (Lipinski definition) is 1. The maximum atomic E-state index is 12.8. The van der Waals surface area contributed by atoms with Crippen LogP contribution < -0.4 is 5.32 Å². The van der Waals surface area contributed by atoms with E-state index in [0.29, 0.717) is 25.2 Å². The van der Waals surface area contributed by atoms with Gasteiger partial charge < -0.3 is 10.2 Å². The molecule has 0 aromatic heterocycles. The van der Waals surface area contributed by atoms with E-state index in [-0.39, 0.29) is 17.9 Å². The highest BCUT2D eigenvalue weighted by Gasteiger charge is 2.48. The molecule has 1 unspecified atom stereocenters. The Morgan fingerprint density at radius 3 is 2.26 bits per heavy atom. The van der Waals surface area contributed by atoms with E-state index in [2.05, 4.69) is 5.32 Å². The highest BCUT2D eigenvalue weighted by molar-refractivity contribution is 5.99. The van der Waals surface area contributed by atoms with Gasteiger partial charge in [-0.25, -0.2) is 0 Å². The number of amides is 2. The van der Waals surface area contributed by atoms with Gasteiger partial charge in [-0.2, -0.15) is 0 Å². The molecule has 1 atom stereocenters. The molecule has 0 radical (unpaired) electrons. The first-order valence-corrected chi connectivity index (χ1v) is 7.71. The summed E-state index contributed by atoms with van der Waals surface area (Å²) in [6, 6.07) is -0.265. The summed E-state index contributed by atoms with van der Waals surface area (Å²) < 4.78 is 0. The first-order valence-electron chi connectivity index (χ1n) is 7.71. The van der Waals surface area contributed by atoms with Crippen molar-refractivity contribution >= 4 is 11.8 Å². The summed E-state index contributed by atoms with van der Waals surface area (Å²) in [4.78, 5) is 27.0. The maximum absolute atomic E-state index is 12.8. The quantitative estimate of drug-likeness (QED) is 0.828. The largest absolute Gasteiger partial charge is 0.340 e. The molecule has 2 fully saturated rings. The molecule has 0 bridgehead atoms. The van der Waals surface area contributed by atoms with Crippen LogP contribution in [-0.2, 0) is 9.59 Å². The summed E-state index contributed by atoms with van der Waals surface area (Å²) >= 11 is 0. The molecular formula is C15H26N2O2. The monoisotopic (exact) mass is 266 g/mol. The topological polar surface area (TPSA) is 49.4 Å². The second-order valence-corrected chi connectivity index (χ2v) is 5.96. The molecule has 1 saturated carbocycles. The first kappa shape index (κ1) is 14.4. The summed E-state index contributed by atoms with van der Waals surface area (Å²) in [6.07, 6.45) is 5.72. The molecule has 2 rings (SSSR count). The van der Waals surface area contributed by atoms with Crippen molar-refractivity contribution in [1.29, 1.82) is 0 Å². The number of nitrogens with one attached hydrogen (secondary N) is 1. The predicted octanol–water partition coefficient (Wildman–Crippen LogP) is 2.08. The average molecular weight is 266 g/mol. The van der Waals surface area contributed by atoms with Crippen molar-refractivity contribution in [3.63, 3.8) is 0 Å². The van der Waals surface area contributed by atoms with E-state index in [9.17, 15) is 9.59 Å². The minimum absolute atomic E-state index is 0.0325. The lowest BCUT2D eigenvalue weighted by molar-refractivity contribution is -0.156. The molecule has 4 heteroatoms. The minimum atomic E-state index is -0.660. The molecule has 1 N–H and O–H groups in total. The molecule has 108 valence electrons. The summed E-state index contributed by atoms with van der Waals surface area (Å²) in [6.45, 7) is 6.72. The Bertz CT molecular complexity index is 359. The predicted molar refractivity (Wildman–Crippen MR) is 74.6 cm³/mol. The van der Waals surface area contributed by atoms with Crippen molar-refractivity contribution in [3.05, 3.63) is 0 Å². The van der Waals surface area contributed by atoms with Gasteiger partial charge in [-0.15, -0.1) is 0 Å². The molecule has 1 heterocycles. The van der Waals surface area contributed by atoms with Gasteiger partial charge in [-0.3, -0.25) is 9.59 Å². The molecule has 1 aliphatic carbocycles. The van der Waals surface area contributed by atoms with E-state index in [0.717, 1.165) is 6.54 Å². The fraction of sp³-hybridized carbons (Fsp3) is 0.867. The lowest BCUT2D eigenvalue weighted by Gasteiger charge is -2.47. The number of hydrogen-bond acceptors (Lipinski definition) is 2. The highest BCUT2D eigenvalue weighted by Crippen LogP contribution is 2.32. The van der Waals surface area contributed by atoms with Gasteiger partial charge >= 0.3 is 0 Å². The number of nitrogens with zero attached hydrogens (tertiary/aromatic N) is 1. The van der Waals surface area contributed by atoms with Crippen molar-refractivity contribution in [3.8, 4) is 0 Å². The van der Waals surface area contributed by atoms with Gasteiger partial charge in [0.1, 0.15) is 11.6 Å². The van der Waals surface area contributed by atoms with Crippen LogP contribution in [0.25, 0.3) is 0 Å². The van der Waals surface area contributed by atoms with Crippen LogP contribution in [0.15, 0.2) is 0 Å². The molecule has 0 aromatic rings. The maximum Gasteiger partial charge on any atom is 0.248 e. The average Bonchev–Trinajstić information content (AvgIpc) is 2.37. The van der Waals surface area contributed by atoms with Crippen LogP contribution in [0.2, 0.25) is 0 Å². The van der Waals surface area contributed by atoms with Crippen molar-refractivity contribution in [2.45, 2.75) is 70.9 Å². The fourth-order valence-electron chi connectivity index (χ4n) is 3.23. The molecule has 2 aliphatic rings. The van der Waals surface area contributed by atoms with E-state index in [1.165, 1.54) is 19.3 Å². The molecule has 2 amide bonds. The van der Waals surface area contributed by atoms with Crippen LogP contribution >= 0.6 is 0 Å². The summed E-state index contributed by atoms with van der Waals surface area (Å²) in [7, 11) is 0. The smallest absolute Gasteiger partial charge is 0.248 e. The zero-order valence-corrected chi connectivity index (χ0v) is 12.4. The second kappa shape index (κ2) is 5.51. The van der Waals surface area contributed by atoms with Crippen molar-refractivity contribution < 1.29 is 9.59 Å². The number of rotatable bonds is 5. The molecular weight excluding hydrogens is 240 g/mol. The Balaban J connectivity index is 2.22. The molecule has 4 nitrogen and oxygen atoms in total. The van der Waals surface area contributed by atoms with Crippen LogP contribution in [0.3, 0.4) is 0 Å². The minimum Gasteiger partial charge on any atom is -0.340 e. The molecule has 1 aliphatic heterocycles. The van der Waals surface area contributed by atoms with Crippen molar-refractivity contribution in [1.82, 2.24) is 10.2 Å². The lowest BCUT2D eigenvalue weighted by Crippen LogP contribution is -2.70. The van der Waals surface area contributed by atoms with Gasteiger partial charge in [0.15, 0.2) is 0 Å². The van der Waals surface area contributed by atoms with Gasteiger partial charge in [-0.05, 0) is 38.0 Å². The van der Waals surface area contributed by atoms with E-state index in [1.807, 2.05) is 25.7 Å². The zero-order chi connectivity index (χ0) is 14.0. The van der Waals surface area contributed by atoms with Crippen LogP contribution in [0, 0.1) is 5.92 Å². The number of piperazine rings is 1. The van der Waals surface area contributed by atoms with E-state index >= 15 is 0 Å². The van der Waals surface area contributed by atoms with Crippen molar-refractivity contribution in [2.24, 2.45) is 5.92 Å². The van der Waals surface area contributed by atoms with E-state index < -0.39 is 5.54 Å². The molecule has 0 aromatic carbocycles. The van der Waals surface area contributed by atoms with Gasteiger partial charge in [-0.1, -0.05) is 27.2 Å². The van der Waals surface area contributed by atoms with E-state index in [4.69, 9.17) is 0 Å². The fourth-order valence-corrected chi connectivity index (χ4v) is 3.23.